The first-order valence-corrected chi connectivity index (χ1v) is 6.26. The van der Waals surface area contributed by atoms with Crippen LogP contribution in [0, 0.1) is 5.82 Å². The molecule has 0 radical (unpaired) electrons. The van der Waals surface area contributed by atoms with Crippen molar-refractivity contribution in [2.45, 2.75) is 38.3 Å². The zero-order chi connectivity index (χ0) is 11.3. The standard InChI is InChI=1S/C12H18FNS/c1-4-15-12-6-5-10(7-11(12)13)8-14-9(2)3/h5-7,9,14H,4,8H2,1-3H3. The molecule has 1 rings (SSSR count). The van der Waals surface area contributed by atoms with Crippen LogP contribution in [0.5, 0.6) is 0 Å². The topological polar surface area (TPSA) is 12.0 Å². The van der Waals surface area contributed by atoms with Gasteiger partial charge in [-0.15, -0.1) is 11.8 Å². The summed E-state index contributed by atoms with van der Waals surface area (Å²) in [6.07, 6.45) is 0. The average molecular weight is 227 g/mol. The van der Waals surface area contributed by atoms with E-state index in [0.29, 0.717) is 6.04 Å². The molecule has 3 heteroatoms. The molecule has 0 atom stereocenters. The molecule has 0 aliphatic carbocycles. The third kappa shape index (κ3) is 4.22. The van der Waals surface area contributed by atoms with Crippen molar-refractivity contribution in [1.82, 2.24) is 5.32 Å². The van der Waals surface area contributed by atoms with Gasteiger partial charge in [0, 0.05) is 17.5 Å². The molecule has 0 saturated heterocycles. The predicted molar refractivity (Wildman–Crippen MR) is 64.8 cm³/mol. The molecule has 1 aromatic carbocycles. The summed E-state index contributed by atoms with van der Waals surface area (Å²) in [6.45, 7) is 6.92. The van der Waals surface area contributed by atoms with Crippen molar-refractivity contribution in [3.05, 3.63) is 29.6 Å². The van der Waals surface area contributed by atoms with Crippen molar-refractivity contribution in [2.75, 3.05) is 5.75 Å². The summed E-state index contributed by atoms with van der Waals surface area (Å²) in [5, 5.41) is 3.27. The van der Waals surface area contributed by atoms with Gasteiger partial charge in [0.2, 0.25) is 0 Å². The lowest BCUT2D eigenvalue weighted by Crippen LogP contribution is -2.21. The third-order valence-corrected chi connectivity index (χ3v) is 2.94. The fourth-order valence-corrected chi connectivity index (χ4v) is 1.92. The van der Waals surface area contributed by atoms with Gasteiger partial charge in [0.05, 0.1) is 0 Å². The fraction of sp³-hybridized carbons (Fsp3) is 0.500. The van der Waals surface area contributed by atoms with Gasteiger partial charge in [-0.25, -0.2) is 4.39 Å². The normalized spacial score (nSPS) is 11.0. The Morgan fingerprint density at radius 1 is 1.40 bits per heavy atom. The van der Waals surface area contributed by atoms with Crippen LogP contribution in [0.2, 0.25) is 0 Å². The minimum absolute atomic E-state index is 0.107. The van der Waals surface area contributed by atoms with Gasteiger partial charge in [-0.1, -0.05) is 26.8 Å². The van der Waals surface area contributed by atoms with E-state index in [9.17, 15) is 4.39 Å². The Kier molecular flexibility index (Phi) is 5.12. The van der Waals surface area contributed by atoms with E-state index in [-0.39, 0.29) is 5.82 Å². The summed E-state index contributed by atoms with van der Waals surface area (Å²) in [4.78, 5) is 0.741. The molecule has 0 amide bonds. The number of rotatable bonds is 5. The Bertz CT molecular complexity index is 312. The molecule has 1 N–H and O–H groups in total. The maximum Gasteiger partial charge on any atom is 0.137 e. The molecule has 0 heterocycles. The zero-order valence-electron chi connectivity index (χ0n) is 9.51. The van der Waals surface area contributed by atoms with Crippen molar-refractivity contribution in [3.8, 4) is 0 Å². The van der Waals surface area contributed by atoms with Crippen LogP contribution >= 0.6 is 11.8 Å². The van der Waals surface area contributed by atoms with Gasteiger partial charge in [0.1, 0.15) is 5.82 Å². The van der Waals surface area contributed by atoms with Gasteiger partial charge in [0.15, 0.2) is 0 Å². The van der Waals surface area contributed by atoms with Crippen LogP contribution in [0.1, 0.15) is 26.3 Å². The summed E-state index contributed by atoms with van der Waals surface area (Å²) in [5.41, 5.74) is 1.00. The largest absolute Gasteiger partial charge is 0.310 e. The van der Waals surface area contributed by atoms with Crippen LogP contribution in [0.25, 0.3) is 0 Å². The number of thioether (sulfide) groups is 1. The molecule has 1 nitrogen and oxygen atoms in total. The Labute approximate surface area is 95.5 Å². The molecule has 0 aliphatic rings. The monoisotopic (exact) mass is 227 g/mol. The number of hydrogen-bond donors (Lipinski definition) is 1. The lowest BCUT2D eigenvalue weighted by atomic mass is 10.2. The molecule has 15 heavy (non-hydrogen) atoms. The molecular weight excluding hydrogens is 209 g/mol. The van der Waals surface area contributed by atoms with E-state index in [0.717, 1.165) is 22.8 Å². The predicted octanol–water partition coefficient (Wildman–Crippen LogP) is 3.44. The highest BCUT2D eigenvalue weighted by atomic mass is 32.2. The summed E-state index contributed by atoms with van der Waals surface area (Å²) < 4.78 is 13.5. The molecule has 0 unspecified atom stereocenters. The second-order valence-electron chi connectivity index (χ2n) is 3.73. The van der Waals surface area contributed by atoms with Crippen LogP contribution in [0.15, 0.2) is 23.1 Å². The molecule has 0 fully saturated rings. The second kappa shape index (κ2) is 6.13. The van der Waals surface area contributed by atoms with Gasteiger partial charge in [0.25, 0.3) is 0 Å². The van der Waals surface area contributed by atoms with Crippen LogP contribution in [-0.2, 0) is 6.54 Å². The maximum atomic E-state index is 13.5. The molecule has 0 aliphatic heterocycles. The third-order valence-electron chi connectivity index (χ3n) is 2.01. The van der Waals surface area contributed by atoms with Crippen molar-refractivity contribution in [2.24, 2.45) is 0 Å². The molecule has 1 aromatic rings. The second-order valence-corrected chi connectivity index (χ2v) is 5.04. The first-order valence-electron chi connectivity index (χ1n) is 5.28. The molecular formula is C12H18FNS. The smallest absolute Gasteiger partial charge is 0.137 e. The minimum atomic E-state index is -0.107. The SMILES string of the molecule is CCSc1ccc(CNC(C)C)cc1F. The summed E-state index contributed by atoms with van der Waals surface area (Å²) in [7, 11) is 0. The zero-order valence-corrected chi connectivity index (χ0v) is 10.3. The number of hydrogen-bond acceptors (Lipinski definition) is 2. The van der Waals surface area contributed by atoms with Crippen molar-refractivity contribution < 1.29 is 4.39 Å². The van der Waals surface area contributed by atoms with E-state index < -0.39 is 0 Å². The van der Waals surface area contributed by atoms with E-state index in [1.54, 1.807) is 6.07 Å². The molecule has 0 spiro atoms. The van der Waals surface area contributed by atoms with E-state index >= 15 is 0 Å². The van der Waals surface area contributed by atoms with E-state index in [1.807, 2.05) is 19.1 Å². The quantitative estimate of drug-likeness (QED) is 0.773. The number of benzene rings is 1. The van der Waals surface area contributed by atoms with Crippen molar-refractivity contribution >= 4 is 11.8 Å². The van der Waals surface area contributed by atoms with Crippen molar-refractivity contribution in [3.63, 3.8) is 0 Å². The van der Waals surface area contributed by atoms with E-state index in [2.05, 4.69) is 19.2 Å². The lowest BCUT2D eigenvalue weighted by molar-refractivity contribution is 0.574. The van der Waals surface area contributed by atoms with Crippen LogP contribution in [0.4, 0.5) is 4.39 Å². The highest BCUT2D eigenvalue weighted by Crippen LogP contribution is 2.22. The fourth-order valence-electron chi connectivity index (χ4n) is 1.25. The van der Waals surface area contributed by atoms with E-state index in [1.165, 1.54) is 11.8 Å². The van der Waals surface area contributed by atoms with Crippen molar-refractivity contribution in [1.29, 1.82) is 0 Å². The van der Waals surface area contributed by atoms with Gasteiger partial charge in [-0.05, 0) is 23.4 Å². The average Bonchev–Trinajstić information content (AvgIpc) is 2.19. The Hall–Kier alpha value is -0.540. The minimum Gasteiger partial charge on any atom is -0.310 e. The van der Waals surface area contributed by atoms with Crippen LogP contribution < -0.4 is 5.32 Å². The number of halogens is 1. The Balaban J connectivity index is 2.64. The van der Waals surface area contributed by atoms with Crippen LogP contribution in [0.3, 0.4) is 0 Å². The van der Waals surface area contributed by atoms with E-state index in [4.69, 9.17) is 0 Å². The molecule has 0 aromatic heterocycles. The molecule has 84 valence electrons. The number of nitrogens with one attached hydrogen (secondary N) is 1. The van der Waals surface area contributed by atoms with Gasteiger partial charge < -0.3 is 5.32 Å². The Morgan fingerprint density at radius 3 is 2.67 bits per heavy atom. The first-order chi connectivity index (χ1) is 7.13. The Morgan fingerprint density at radius 2 is 2.13 bits per heavy atom. The summed E-state index contributed by atoms with van der Waals surface area (Å²) in [5.74, 6) is 0.797. The van der Waals surface area contributed by atoms with Gasteiger partial charge in [-0.2, -0.15) is 0 Å². The lowest BCUT2D eigenvalue weighted by Gasteiger charge is -2.09. The first kappa shape index (κ1) is 12.5. The summed E-state index contributed by atoms with van der Waals surface area (Å²) >= 11 is 1.54. The van der Waals surface area contributed by atoms with Crippen LogP contribution in [-0.4, -0.2) is 11.8 Å². The maximum absolute atomic E-state index is 13.5. The van der Waals surface area contributed by atoms with Gasteiger partial charge in [-0.3, -0.25) is 0 Å². The van der Waals surface area contributed by atoms with Gasteiger partial charge >= 0.3 is 0 Å². The molecule has 0 saturated carbocycles. The highest BCUT2D eigenvalue weighted by molar-refractivity contribution is 7.99. The highest BCUT2D eigenvalue weighted by Gasteiger charge is 2.03. The summed E-state index contributed by atoms with van der Waals surface area (Å²) in [6, 6.07) is 5.89. The molecule has 0 bridgehead atoms.